The SMILES string of the molecule is CNC(=O)Cn1cc(NC(=O)CNC2CC2)cn1. The minimum Gasteiger partial charge on any atom is -0.358 e. The predicted octanol–water partition coefficient (Wildman–Crippen LogP) is -0.680. The van der Waals surface area contributed by atoms with Crippen LogP contribution in [-0.2, 0) is 16.1 Å². The number of hydrogen-bond acceptors (Lipinski definition) is 4. The van der Waals surface area contributed by atoms with Gasteiger partial charge in [0.2, 0.25) is 11.8 Å². The van der Waals surface area contributed by atoms with Crippen LogP contribution in [0.3, 0.4) is 0 Å². The van der Waals surface area contributed by atoms with E-state index >= 15 is 0 Å². The number of nitrogens with one attached hydrogen (secondary N) is 3. The third-order valence-corrected chi connectivity index (χ3v) is 2.63. The van der Waals surface area contributed by atoms with Gasteiger partial charge in [0.15, 0.2) is 0 Å². The molecule has 7 nitrogen and oxygen atoms in total. The number of carbonyl (C=O) groups excluding carboxylic acids is 2. The lowest BCUT2D eigenvalue weighted by molar-refractivity contribution is -0.121. The van der Waals surface area contributed by atoms with Gasteiger partial charge >= 0.3 is 0 Å². The molecule has 1 saturated carbocycles. The van der Waals surface area contributed by atoms with Gasteiger partial charge in [-0.3, -0.25) is 14.3 Å². The van der Waals surface area contributed by atoms with Crippen LogP contribution in [0.4, 0.5) is 5.69 Å². The maximum Gasteiger partial charge on any atom is 0.241 e. The second kappa shape index (κ2) is 5.63. The van der Waals surface area contributed by atoms with Crippen LogP contribution >= 0.6 is 0 Å². The van der Waals surface area contributed by atoms with E-state index < -0.39 is 0 Å². The van der Waals surface area contributed by atoms with Gasteiger partial charge in [-0.05, 0) is 12.8 Å². The quantitative estimate of drug-likeness (QED) is 0.625. The number of amides is 2. The Morgan fingerprint density at radius 1 is 1.44 bits per heavy atom. The van der Waals surface area contributed by atoms with Crippen molar-refractivity contribution in [1.82, 2.24) is 20.4 Å². The molecule has 1 aromatic heterocycles. The van der Waals surface area contributed by atoms with Crippen molar-refractivity contribution >= 4 is 17.5 Å². The fourth-order valence-corrected chi connectivity index (χ4v) is 1.47. The molecule has 1 aliphatic carbocycles. The van der Waals surface area contributed by atoms with E-state index in [-0.39, 0.29) is 18.4 Å². The molecule has 7 heteroatoms. The minimum atomic E-state index is -0.133. The van der Waals surface area contributed by atoms with Crippen molar-refractivity contribution in [3.8, 4) is 0 Å². The number of nitrogens with zero attached hydrogens (tertiary/aromatic N) is 2. The number of aromatic nitrogens is 2. The molecule has 0 bridgehead atoms. The smallest absolute Gasteiger partial charge is 0.241 e. The summed E-state index contributed by atoms with van der Waals surface area (Å²) in [4.78, 5) is 22.7. The summed E-state index contributed by atoms with van der Waals surface area (Å²) in [5.41, 5.74) is 0.599. The van der Waals surface area contributed by atoms with Crippen LogP contribution in [0.2, 0.25) is 0 Å². The maximum absolute atomic E-state index is 11.5. The van der Waals surface area contributed by atoms with Crippen molar-refractivity contribution in [2.24, 2.45) is 0 Å². The number of rotatable bonds is 6. The minimum absolute atomic E-state index is 0.0959. The third kappa shape index (κ3) is 3.85. The summed E-state index contributed by atoms with van der Waals surface area (Å²) in [6.45, 7) is 0.456. The third-order valence-electron chi connectivity index (χ3n) is 2.63. The van der Waals surface area contributed by atoms with Crippen LogP contribution in [0, 0.1) is 0 Å². The van der Waals surface area contributed by atoms with E-state index in [1.165, 1.54) is 10.9 Å². The molecule has 0 atom stereocenters. The molecule has 0 unspecified atom stereocenters. The molecule has 3 N–H and O–H groups in total. The summed E-state index contributed by atoms with van der Waals surface area (Å²) in [7, 11) is 1.57. The van der Waals surface area contributed by atoms with Gasteiger partial charge in [0.05, 0.1) is 18.4 Å². The van der Waals surface area contributed by atoms with Crippen LogP contribution in [-0.4, -0.2) is 41.2 Å². The Morgan fingerprint density at radius 3 is 2.89 bits per heavy atom. The molecule has 0 spiro atoms. The monoisotopic (exact) mass is 251 g/mol. The van der Waals surface area contributed by atoms with Gasteiger partial charge in [0, 0.05) is 19.3 Å². The van der Waals surface area contributed by atoms with Gasteiger partial charge in [-0.25, -0.2) is 0 Å². The zero-order valence-corrected chi connectivity index (χ0v) is 10.3. The fraction of sp³-hybridized carbons (Fsp3) is 0.545. The highest BCUT2D eigenvalue weighted by Crippen LogP contribution is 2.18. The van der Waals surface area contributed by atoms with E-state index in [0.717, 1.165) is 12.8 Å². The lowest BCUT2D eigenvalue weighted by Crippen LogP contribution is -2.29. The summed E-state index contributed by atoms with van der Waals surface area (Å²) >= 11 is 0. The van der Waals surface area contributed by atoms with E-state index in [0.29, 0.717) is 18.3 Å². The molecule has 2 rings (SSSR count). The molecular weight excluding hydrogens is 234 g/mol. The molecule has 18 heavy (non-hydrogen) atoms. The zero-order chi connectivity index (χ0) is 13.0. The average molecular weight is 251 g/mol. The number of hydrogen-bond donors (Lipinski definition) is 3. The Morgan fingerprint density at radius 2 is 2.22 bits per heavy atom. The summed E-state index contributed by atoms with van der Waals surface area (Å²) < 4.78 is 1.47. The highest BCUT2D eigenvalue weighted by molar-refractivity contribution is 5.92. The zero-order valence-electron chi connectivity index (χ0n) is 10.3. The molecule has 0 saturated heterocycles. The molecule has 1 heterocycles. The van der Waals surface area contributed by atoms with Crippen molar-refractivity contribution < 1.29 is 9.59 Å². The standard InChI is InChI=1S/C11H17N5O2/c1-12-11(18)7-16-6-9(4-14-16)15-10(17)5-13-8-2-3-8/h4,6,8,13H,2-3,5,7H2,1H3,(H,12,18)(H,15,17). The first kappa shape index (κ1) is 12.6. The first-order valence-corrected chi connectivity index (χ1v) is 5.93. The first-order valence-electron chi connectivity index (χ1n) is 5.93. The Bertz CT molecular complexity index is 438. The first-order chi connectivity index (χ1) is 8.67. The molecule has 1 fully saturated rings. The van der Waals surface area contributed by atoms with Gasteiger partial charge in [0.25, 0.3) is 0 Å². The second-order valence-corrected chi connectivity index (χ2v) is 4.30. The fourth-order valence-electron chi connectivity index (χ4n) is 1.47. The normalized spacial score (nSPS) is 14.3. The molecule has 0 aliphatic heterocycles. The summed E-state index contributed by atoms with van der Waals surface area (Å²) in [5.74, 6) is -0.229. The van der Waals surface area contributed by atoms with Crippen LogP contribution in [0.25, 0.3) is 0 Å². The van der Waals surface area contributed by atoms with E-state index in [4.69, 9.17) is 0 Å². The van der Waals surface area contributed by atoms with E-state index in [1.807, 2.05) is 0 Å². The Hall–Kier alpha value is -1.89. The van der Waals surface area contributed by atoms with Gasteiger partial charge in [-0.15, -0.1) is 0 Å². The van der Waals surface area contributed by atoms with Crippen LogP contribution in [0.1, 0.15) is 12.8 Å². The van der Waals surface area contributed by atoms with Gasteiger partial charge in [-0.2, -0.15) is 5.10 Å². The van der Waals surface area contributed by atoms with Crippen LogP contribution in [0.15, 0.2) is 12.4 Å². The predicted molar refractivity (Wildman–Crippen MR) is 65.9 cm³/mol. The van der Waals surface area contributed by atoms with Crippen molar-refractivity contribution in [2.45, 2.75) is 25.4 Å². The maximum atomic E-state index is 11.5. The molecule has 1 aromatic rings. The molecule has 98 valence electrons. The Balaban J connectivity index is 1.77. The Kier molecular flexibility index (Phi) is 3.93. The molecular formula is C11H17N5O2. The highest BCUT2D eigenvalue weighted by Gasteiger charge is 2.21. The largest absolute Gasteiger partial charge is 0.358 e. The number of likely N-dealkylation sites (N-methyl/N-ethyl adjacent to an activating group) is 1. The molecule has 0 aromatic carbocycles. The number of carbonyl (C=O) groups is 2. The van der Waals surface area contributed by atoms with Gasteiger partial charge < -0.3 is 16.0 Å². The van der Waals surface area contributed by atoms with Crippen molar-refractivity contribution in [3.05, 3.63) is 12.4 Å². The van der Waals surface area contributed by atoms with Crippen LogP contribution in [0.5, 0.6) is 0 Å². The number of anilines is 1. The summed E-state index contributed by atoms with van der Waals surface area (Å²) in [6, 6.07) is 0.506. The van der Waals surface area contributed by atoms with Crippen molar-refractivity contribution in [2.75, 3.05) is 18.9 Å². The summed E-state index contributed by atoms with van der Waals surface area (Å²) in [6.07, 6.45) is 5.46. The van der Waals surface area contributed by atoms with Gasteiger partial charge in [0.1, 0.15) is 6.54 Å². The van der Waals surface area contributed by atoms with E-state index in [2.05, 4.69) is 21.0 Å². The molecule has 2 amide bonds. The second-order valence-electron chi connectivity index (χ2n) is 4.30. The van der Waals surface area contributed by atoms with E-state index in [1.54, 1.807) is 13.2 Å². The van der Waals surface area contributed by atoms with Crippen molar-refractivity contribution in [3.63, 3.8) is 0 Å². The Labute approximate surface area is 105 Å². The average Bonchev–Trinajstić information content (AvgIpc) is 3.09. The lowest BCUT2D eigenvalue weighted by Gasteiger charge is -2.03. The van der Waals surface area contributed by atoms with Gasteiger partial charge in [-0.1, -0.05) is 0 Å². The summed E-state index contributed by atoms with van der Waals surface area (Å²) in [5, 5.41) is 12.3. The van der Waals surface area contributed by atoms with Crippen LogP contribution < -0.4 is 16.0 Å². The highest BCUT2D eigenvalue weighted by atomic mass is 16.2. The van der Waals surface area contributed by atoms with E-state index in [9.17, 15) is 9.59 Å². The van der Waals surface area contributed by atoms with Crippen molar-refractivity contribution in [1.29, 1.82) is 0 Å². The molecule has 1 aliphatic rings. The molecule has 0 radical (unpaired) electrons. The lowest BCUT2D eigenvalue weighted by atomic mass is 10.5. The topological polar surface area (TPSA) is 88.0 Å².